The van der Waals surface area contributed by atoms with Gasteiger partial charge >= 0.3 is 12.1 Å². The first-order valence-corrected chi connectivity index (χ1v) is 9.93. The van der Waals surface area contributed by atoms with E-state index in [0.717, 1.165) is 6.07 Å². The highest BCUT2D eigenvalue weighted by Gasteiger charge is 2.32. The predicted molar refractivity (Wildman–Crippen MR) is 114 cm³/mol. The molecule has 1 aromatic carbocycles. The molecule has 0 saturated heterocycles. The van der Waals surface area contributed by atoms with Gasteiger partial charge in [0.2, 0.25) is 0 Å². The third kappa shape index (κ3) is 5.17. The molecular weight excluding hydrogens is 455 g/mol. The van der Waals surface area contributed by atoms with Crippen LogP contribution in [0.5, 0.6) is 11.5 Å². The van der Waals surface area contributed by atoms with Crippen molar-refractivity contribution in [1.29, 1.82) is 0 Å². The minimum atomic E-state index is -4.91. The number of benzene rings is 1. The molecule has 0 aliphatic heterocycles. The molecule has 1 amide bonds. The third-order valence-electron chi connectivity index (χ3n) is 4.82. The Hall–Kier alpha value is -4.35. The monoisotopic (exact) mass is 473 g/mol. The lowest BCUT2D eigenvalue weighted by Crippen LogP contribution is -2.26. The zero-order valence-corrected chi connectivity index (χ0v) is 17.7. The molecule has 4 rings (SSSR count). The van der Waals surface area contributed by atoms with Crippen LogP contribution in [0, 0.1) is 0 Å². The summed E-state index contributed by atoms with van der Waals surface area (Å²) in [6.45, 7) is -0.0948. The third-order valence-corrected chi connectivity index (χ3v) is 4.82. The first kappa shape index (κ1) is 22.8. The van der Waals surface area contributed by atoms with Gasteiger partial charge in [-0.25, -0.2) is 13.9 Å². The first-order valence-electron chi connectivity index (χ1n) is 9.93. The maximum absolute atomic E-state index is 12.8. The van der Waals surface area contributed by atoms with Crippen LogP contribution in [0.15, 0.2) is 65.7 Å². The van der Waals surface area contributed by atoms with Crippen molar-refractivity contribution < 1.29 is 27.4 Å². The molecule has 0 bridgehead atoms. The fraction of sp³-hybridized carbons (Fsp3) is 0.182. The normalized spacial score (nSPS) is 11.4. The Labute approximate surface area is 190 Å². The second-order valence-electron chi connectivity index (χ2n) is 7.11. The second-order valence-corrected chi connectivity index (χ2v) is 7.11. The number of aromatic nitrogens is 4. The van der Waals surface area contributed by atoms with Crippen molar-refractivity contribution in [2.45, 2.75) is 19.5 Å². The van der Waals surface area contributed by atoms with Crippen molar-refractivity contribution in [1.82, 2.24) is 24.5 Å². The summed E-state index contributed by atoms with van der Waals surface area (Å²) in [4.78, 5) is 29.5. The van der Waals surface area contributed by atoms with E-state index in [2.05, 4.69) is 20.1 Å². The number of carbonyl (C=O) groups excluding carboxylic acids is 1. The largest absolute Gasteiger partial charge is 0.573 e. The number of rotatable bonds is 7. The second kappa shape index (κ2) is 9.25. The molecule has 0 saturated carbocycles. The van der Waals surface area contributed by atoms with E-state index in [4.69, 9.17) is 4.74 Å². The van der Waals surface area contributed by atoms with Crippen molar-refractivity contribution in [3.05, 3.63) is 88.2 Å². The van der Waals surface area contributed by atoms with Crippen molar-refractivity contribution >= 4 is 11.6 Å². The molecule has 0 aliphatic rings. The molecule has 4 aromatic rings. The highest BCUT2D eigenvalue weighted by Crippen LogP contribution is 2.30. The molecule has 0 radical (unpaired) electrons. The Morgan fingerprint density at radius 1 is 1.15 bits per heavy atom. The van der Waals surface area contributed by atoms with Crippen LogP contribution in [0.25, 0.3) is 5.65 Å². The van der Waals surface area contributed by atoms with Crippen LogP contribution in [-0.4, -0.2) is 38.5 Å². The number of pyridine rings is 2. The standard InChI is InChI=1S/C22H18F3N5O4/c1-33-17-7-5-14(18(10-17)34-22(23,24)25)11-27-20(31)15-6-8-19-28-30(21(32)29(19)12-15)13-16-4-2-3-9-26-16/h2-10,12H,11,13H2,1H3,(H,27,31). The molecule has 0 unspecified atom stereocenters. The number of methoxy groups -OCH3 is 1. The molecule has 0 aliphatic carbocycles. The first-order chi connectivity index (χ1) is 16.2. The van der Waals surface area contributed by atoms with Gasteiger partial charge < -0.3 is 14.8 Å². The topological polar surface area (TPSA) is 99.7 Å². The SMILES string of the molecule is COc1ccc(CNC(=O)c2ccc3nn(Cc4ccccn4)c(=O)n3c2)c(OC(F)(F)F)c1. The number of nitrogens with zero attached hydrogens (tertiary/aromatic N) is 4. The van der Waals surface area contributed by atoms with Crippen molar-refractivity contribution in [3.8, 4) is 11.5 Å². The van der Waals surface area contributed by atoms with Gasteiger partial charge in [-0.1, -0.05) is 6.07 Å². The summed E-state index contributed by atoms with van der Waals surface area (Å²) in [5, 5.41) is 6.75. The van der Waals surface area contributed by atoms with Gasteiger partial charge in [0.05, 0.1) is 24.9 Å². The van der Waals surface area contributed by atoms with Crippen LogP contribution >= 0.6 is 0 Å². The lowest BCUT2D eigenvalue weighted by atomic mass is 10.1. The number of hydrogen-bond donors (Lipinski definition) is 1. The number of halogens is 3. The molecule has 176 valence electrons. The van der Waals surface area contributed by atoms with E-state index in [0.29, 0.717) is 11.3 Å². The molecule has 12 heteroatoms. The molecule has 3 aromatic heterocycles. The summed E-state index contributed by atoms with van der Waals surface area (Å²) in [5.41, 5.74) is 0.717. The summed E-state index contributed by atoms with van der Waals surface area (Å²) in [7, 11) is 1.31. The van der Waals surface area contributed by atoms with Crippen LogP contribution in [0.3, 0.4) is 0 Å². The molecule has 1 N–H and O–H groups in total. The highest BCUT2D eigenvalue weighted by molar-refractivity contribution is 5.94. The average molecular weight is 473 g/mol. The fourth-order valence-electron chi connectivity index (χ4n) is 3.21. The number of nitrogens with one attached hydrogen (secondary N) is 1. The number of carbonyl (C=O) groups is 1. The van der Waals surface area contributed by atoms with Gasteiger partial charge in [0, 0.05) is 30.6 Å². The summed E-state index contributed by atoms with van der Waals surface area (Å²) in [6.07, 6.45) is -1.99. The molecular formula is C22H18F3N5O4. The maximum atomic E-state index is 12.8. The van der Waals surface area contributed by atoms with Crippen LogP contribution in [-0.2, 0) is 13.1 Å². The smallest absolute Gasteiger partial charge is 0.497 e. The minimum Gasteiger partial charge on any atom is -0.497 e. The Bertz CT molecular complexity index is 1380. The minimum absolute atomic E-state index is 0.0906. The van der Waals surface area contributed by atoms with Crippen molar-refractivity contribution in [2.24, 2.45) is 0 Å². The van der Waals surface area contributed by atoms with E-state index >= 15 is 0 Å². The quantitative estimate of drug-likeness (QED) is 0.443. The van der Waals surface area contributed by atoms with Gasteiger partial charge in [-0.2, -0.15) is 0 Å². The Morgan fingerprint density at radius 3 is 2.68 bits per heavy atom. The number of alkyl halides is 3. The Morgan fingerprint density at radius 2 is 1.97 bits per heavy atom. The van der Waals surface area contributed by atoms with Crippen LogP contribution in [0.4, 0.5) is 13.2 Å². The average Bonchev–Trinajstić information content (AvgIpc) is 3.12. The molecule has 0 atom stereocenters. The van der Waals surface area contributed by atoms with Crippen LogP contribution in [0.2, 0.25) is 0 Å². The summed E-state index contributed by atoms with van der Waals surface area (Å²) < 4.78 is 49.7. The van der Waals surface area contributed by atoms with Gasteiger partial charge in [0.25, 0.3) is 5.91 Å². The Kier molecular flexibility index (Phi) is 6.21. The van der Waals surface area contributed by atoms with E-state index in [-0.39, 0.29) is 30.0 Å². The van der Waals surface area contributed by atoms with E-state index < -0.39 is 23.7 Å². The van der Waals surface area contributed by atoms with Gasteiger partial charge in [-0.15, -0.1) is 18.3 Å². The van der Waals surface area contributed by atoms with E-state index in [1.165, 1.54) is 46.7 Å². The van der Waals surface area contributed by atoms with Crippen molar-refractivity contribution in [2.75, 3.05) is 7.11 Å². The molecule has 0 fully saturated rings. The lowest BCUT2D eigenvalue weighted by molar-refractivity contribution is -0.274. The number of ether oxygens (including phenoxy) is 2. The fourth-order valence-corrected chi connectivity index (χ4v) is 3.21. The Balaban J connectivity index is 1.52. The summed E-state index contributed by atoms with van der Waals surface area (Å²) in [6, 6.07) is 12.1. The van der Waals surface area contributed by atoms with Crippen LogP contribution in [0.1, 0.15) is 21.6 Å². The van der Waals surface area contributed by atoms with Gasteiger partial charge in [0.1, 0.15) is 11.5 Å². The number of amides is 1. The van der Waals surface area contributed by atoms with E-state index in [9.17, 15) is 22.8 Å². The zero-order chi connectivity index (χ0) is 24.3. The molecule has 9 nitrogen and oxygen atoms in total. The van der Waals surface area contributed by atoms with E-state index in [1.807, 2.05) is 0 Å². The molecule has 0 spiro atoms. The van der Waals surface area contributed by atoms with Gasteiger partial charge in [-0.05, 0) is 36.4 Å². The highest BCUT2D eigenvalue weighted by atomic mass is 19.4. The summed E-state index contributed by atoms with van der Waals surface area (Å²) in [5.74, 6) is -0.920. The van der Waals surface area contributed by atoms with Gasteiger partial charge in [0.15, 0.2) is 5.65 Å². The number of fused-ring (bicyclic) bond motifs is 1. The molecule has 34 heavy (non-hydrogen) atoms. The molecule has 3 heterocycles. The summed E-state index contributed by atoms with van der Waals surface area (Å²) >= 11 is 0. The zero-order valence-electron chi connectivity index (χ0n) is 17.7. The van der Waals surface area contributed by atoms with Crippen LogP contribution < -0.4 is 20.5 Å². The predicted octanol–water partition coefficient (Wildman–Crippen LogP) is 2.78. The van der Waals surface area contributed by atoms with Crippen molar-refractivity contribution in [3.63, 3.8) is 0 Å². The number of hydrogen-bond acceptors (Lipinski definition) is 6. The maximum Gasteiger partial charge on any atom is 0.573 e. The van der Waals surface area contributed by atoms with Gasteiger partial charge in [-0.3, -0.25) is 9.78 Å². The lowest BCUT2D eigenvalue weighted by Gasteiger charge is -2.15. The van der Waals surface area contributed by atoms with E-state index in [1.54, 1.807) is 24.4 Å².